The van der Waals surface area contributed by atoms with Gasteiger partial charge in [-0.15, -0.1) is 0 Å². The second-order valence-corrected chi connectivity index (χ2v) is 8.85. The Morgan fingerprint density at radius 1 is 0.742 bits per heavy atom. The highest BCUT2D eigenvalue weighted by molar-refractivity contribution is 6.46. The van der Waals surface area contributed by atoms with Gasteiger partial charge in [0.05, 0.1) is 11.3 Å². The minimum atomic E-state index is -0.354. The molecule has 4 heteroatoms. The van der Waals surface area contributed by atoms with E-state index in [1.165, 1.54) is 4.90 Å². The molecule has 0 radical (unpaired) electrons. The molecule has 4 rings (SSSR count). The molecule has 1 aliphatic heterocycles. The van der Waals surface area contributed by atoms with Gasteiger partial charge < -0.3 is 5.32 Å². The molecule has 0 bridgehead atoms. The first-order valence-corrected chi connectivity index (χ1v) is 10.4. The Kier molecular flexibility index (Phi) is 5.24. The normalized spacial score (nSPS) is 14.4. The first-order chi connectivity index (χ1) is 14.8. The lowest BCUT2D eigenvalue weighted by Crippen LogP contribution is -2.32. The molecule has 0 unspecified atom stereocenters. The fraction of sp³-hybridized carbons (Fsp3) is 0.185. The van der Waals surface area contributed by atoms with E-state index < -0.39 is 0 Å². The van der Waals surface area contributed by atoms with Gasteiger partial charge in [-0.1, -0.05) is 80.9 Å². The van der Waals surface area contributed by atoms with Crippen LogP contribution < -0.4 is 10.2 Å². The minimum absolute atomic E-state index is 0.0110. The summed E-state index contributed by atoms with van der Waals surface area (Å²) in [5.41, 5.74) is 4.94. The zero-order valence-corrected chi connectivity index (χ0v) is 18.3. The number of anilines is 2. The molecule has 3 aromatic rings. The number of benzene rings is 3. The summed E-state index contributed by atoms with van der Waals surface area (Å²) in [6, 6.07) is 24.7. The van der Waals surface area contributed by atoms with Crippen LogP contribution in [0.1, 0.15) is 37.5 Å². The number of imide groups is 1. The van der Waals surface area contributed by atoms with Crippen LogP contribution in [0.3, 0.4) is 0 Å². The molecule has 0 aromatic heterocycles. The van der Waals surface area contributed by atoms with Gasteiger partial charge in [0.25, 0.3) is 11.8 Å². The maximum atomic E-state index is 13.5. The Labute approximate surface area is 183 Å². The average molecular weight is 411 g/mol. The van der Waals surface area contributed by atoms with Gasteiger partial charge in [0, 0.05) is 5.69 Å². The van der Waals surface area contributed by atoms with E-state index in [1.54, 1.807) is 0 Å². The Bertz CT molecular complexity index is 1150. The van der Waals surface area contributed by atoms with Gasteiger partial charge in [0.15, 0.2) is 0 Å². The highest BCUT2D eigenvalue weighted by Gasteiger charge is 2.40. The second-order valence-electron chi connectivity index (χ2n) is 8.85. The van der Waals surface area contributed by atoms with Crippen LogP contribution in [0.2, 0.25) is 0 Å². The highest BCUT2D eigenvalue weighted by Crippen LogP contribution is 2.34. The van der Waals surface area contributed by atoms with E-state index in [4.69, 9.17) is 0 Å². The number of rotatable bonds is 4. The maximum absolute atomic E-state index is 13.5. The Morgan fingerprint density at radius 3 is 1.94 bits per heavy atom. The molecule has 0 atom stereocenters. The van der Waals surface area contributed by atoms with Gasteiger partial charge >= 0.3 is 0 Å². The van der Waals surface area contributed by atoms with Gasteiger partial charge in [0.2, 0.25) is 0 Å². The molecule has 4 nitrogen and oxygen atoms in total. The third kappa shape index (κ3) is 4.02. The van der Waals surface area contributed by atoms with Crippen molar-refractivity contribution in [3.8, 4) is 0 Å². The molecule has 2 amide bonds. The molecule has 0 saturated heterocycles. The van der Waals surface area contributed by atoms with Gasteiger partial charge in [0.1, 0.15) is 5.70 Å². The van der Waals surface area contributed by atoms with Crippen molar-refractivity contribution in [2.24, 2.45) is 0 Å². The molecule has 3 aromatic carbocycles. The number of nitrogens with one attached hydrogen (secondary N) is 1. The lowest BCUT2D eigenvalue weighted by Gasteiger charge is -2.21. The molecule has 0 spiro atoms. The van der Waals surface area contributed by atoms with Crippen molar-refractivity contribution >= 4 is 28.8 Å². The second kappa shape index (κ2) is 7.88. The van der Waals surface area contributed by atoms with Crippen LogP contribution in [0.25, 0.3) is 5.57 Å². The molecule has 0 fully saturated rings. The lowest BCUT2D eigenvalue weighted by molar-refractivity contribution is -0.120. The Hall–Kier alpha value is -3.66. The van der Waals surface area contributed by atoms with Crippen LogP contribution in [-0.2, 0) is 15.0 Å². The number of nitrogens with zero attached hydrogens (tertiary/aromatic N) is 1. The molecular formula is C27H26N2O2. The summed E-state index contributed by atoms with van der Waals surface area (Å²) in [4.78, 5) is 28.2. The predicted octanol–water partition coefficient (Wildman–Crippen LogP) is 5.69. The Morgan fingerprint density at radius 2 is 1.35 bits per heavy atom. The van der Waals surface area contributed by atoms with Crippen molar-refractivity contribution in [1.82, 2.24) is 0 Å². The molecule has 1 N–H and O–H groups in total. The van der Waals surface area contributed by atoms with Gasteiger partial charge in [-0.05, 0) is 47.7 Å². The minimum Gasteiger partial charge on any atom is -0.350 e. The summed E-state index contributed by atoms with van der Waals surface area (Å²) < 4.78 is 0. The van der Waals surface area contributed by atoms with Crippen LogP contribution in [0, 0.1) is 6.92 Å². The van der Waals surface area contributed by atoms with Crippen molar-refractivity contribution in [2.45, 2.75) is 33.1 Å². The van der Waals surface area contributed by atoms with E-state index in [0.717, 1.165) is 22.4 Å². The third-order valence-corrected chi connectivity index (χ3v) is 5.46. The topological polar surface area (TPSA) is 49.4 Å². The quantitative estimate of drug-likeness (QED) is 0.562. The lowest BCUT2D eigenvalue weighted by atomic mass is 9.87. The Balaban J connectivity index is 1.77. The largest absolute Gasteiger partial charge is 0.350 e. The monoisotopic (exact) mass is 410 g/mol. The standard InChI is InChI=1S/C27H26N2O2/c1-18-10-12-19(13-11-18)23-24(28-21-8-6-5-7-9-21)26(31)29(25(23)30)22-16-14-20(15-17-22)27(2,3)4/h5-17,28H,1-4H3. The first-order valence-electron chi connectivity index (χ1n) is 10.4. The molecule has 1 aliphatic rings. The van der Waals surface area contributed by atoms with Crippen LogP contribution in [0.5, 0.6) is 0 Å². The van der Waals surface area contributed by atoms with Crippen LogP contribution in [-0.4, -0.2) is 11.8 Å². The van der Waals surface area contributed by atoms with Crippen molar-refractivity contribution in [2.75, 3.05) is 10.2 Å². The SMILES string of the molecule is Cc1ccc(C2=C(Nc3ccccc3)C(=O)N(c3ccc(C(C)(C)C)cc3)C2=O)cc1. The number of carbonyl (C=O) groups excluding carboxylic acids is 2. The van der Waals surface area contributed by atoms with E-state index in [-0.39, 0.29) is 17.2 Å². The van der Waals surface area contributed by atoms with Crippen LogP contribution >= 0.6 is 0 Å². The number of amides is 2. The van der Waals surface area contributed by atoms with Crippen LogP contribution in [0.4, 0.5) is 11.4 Å². The molecule has 31 heavy (non-hydrogen) atoms. The van der Waals surface area contributed by atoms with E-state index in [9.17, 15) is 9.59 Å². The summed E-state index contributed by atoms with van der Waals surface area (Å²) in [7, 11) is 0. The third-order valence-electron chi connectivity index (χ3n) is 5.46. The molecule has 1 heterocycles. The summed E-state index contributed by atoms with van der Waals surface area (Å²) in [5.74, 6) is -0.677. The zero-order chi connectivity index (χ0) is 22.2. The molecule has 0 saturated carbocycles. The van der Waals surface area contributed by atoms with Gasteiger partial charge in [-0.25, -0.2) is 4.90 Å². The first kappa shape index (κ1) is 20.6. The van der Waals surface area contributed by atoms with E-state index in [0.29, 0.717) is 17.0 Å². The summed E-state index contributed by atoms with van der Waals surface area (Å²) in [5, 5.41) is 3.19. The summed E-state index contributed by atoms with van der Waals surface area (Å²) in [6.07, 6.45) is 0. The number of aryl methyl sites for hydroxylation is 1. The van der Waals surface area contributed by atoms with Gasteiger partial charge in [-0.3, -0.25) is 9.59 Å². The average Bonchev–Trinajstić information content (AvgIpc) is 2.98. The maximum Gasteiger partial charge on any atom is 0.282 e. The van der Waals surface area contributed by atoms with E-state index in [2.05, 4.69) is 26.1 Å². The van der Waals surface area contributed by atoms with E-state index in [1.807, 2.05) is 85.8 Å². The van der Waals surface area contributed by atoms with Crippen molar-refractivity contribution < 1.29 is 9.59 Å². The molecular weight excluding hydrogens is 384 g/mol. The number of carbonyl (C=O) groups is 2. The number of para-hydroxylation sites is 1. The summed E-state index contributed by atoms with van der Waals surface area (Å²) in [6.45, 7) is 8.39. The molecule has 156 valence electrons. The van der Waals surface area contributed by atoms with Crippen LogP contribution in [0.15, 0.2) is 84.6 Å². The highest BCUT2D eigenvalue weighted by atomic mass is 16.2. The fourth-order valence-corrected chi connectivity index (χ4v) is 3.64. The van der Waals surface area contributed by atoms with Gasteiger partial charge in [-0.2, -0.15) is 0 Å². The zero-order valence-electron chi connectivity index (χ0n) is 18.3. The van der Waals surface area contributed by atoms with Crippen molar-refractivity contribution in [3.63, 3.8) is 0 Å². The summed E-state index contributed by atoms with van der Waals surface area (Å²) >= 11 is 0. The fourth-order valence-electron chi connectivity index (χ4n) is 3.64. The predicted molar refractivity (Wildman–Crippen MR) is 126 cm³/mol. The van der Waals surface area contributed by atoms with Crippen molar-refractivity contribution in [1.29, 1.82) is 0 Å². The number of hydrogen-bond donors (Lipinski definition) is 1. The molecule has 0 aliphatic carbocycles. The van der Waals surface area contributed by atoms with Crippen molar-refractivity contribution in [3.05, 3.63) is 101 Å². The van der Waals surface area contributed by atoms with E-state index >= 15 is 0 Å². The number of hydrogen-bond acceptors (Lipinski definition) is 3. The smallest absolute Gasteiger partial charge is 0.282 e.